The zero-order valence-electron chi connectivity index (χ0n) is 8.90. The van der Waals surface area contributed by atoms with Crippen molar-refractivity contribution >= 4 is 12.3 Å². The number of hydrogen-bond acceptors (Lipinski definition) is 3. The van der Waals surface area contributed by atoms with E-state index in [2.05, 4.69) is 4.74 Å². The van der Waals surface area contributed by atoms with Crippen molar-refractivity contribution in [2.45, 2.75) is 13.3 Å². The summed E-state index contributed by atoms with van der Waals surface area (Å²) in [6.45, 7) is 1.86. The van der Waals surface area contributed by atoms with Gasteiger partial charge in [0.2, 0.25) is 0 Å². The summed E-state index contributed by atoms with van der Waals surface area (Å²) in [5, 5.41) is 0. The highest BCUT2D eigenvalue weighted by molar-refractivity contribution is 5.89. The molecule has 1 aromatic carbocycles. The fourth-order valence-electron chi connectivity index (χ4n) is 1.31. The number of ether oxygens (including phenoxy) is 1. The molecule has 0 aliphatic heterocycles. The van der Waals surface area contributed by atoms with Crippen molar-refractivity contribution in [3.05, 3.63) is 35.4 Å². The monoisotopic (exact) mass is 206 g/mol. The first-order valence-electron chi connectivity index (χ1n) is 4.80. The number of hydrogen-bond donors (Lipinski definition) is 0. The Kier molecular flexibility index (Phi) is 4.03. The van der Waals surface area contributed by atoms with E-state index in [1.54, 1.807) is 12.1 Å². The molecule has 3 nitrogen and oxygen atoms in total. The number of rotatable bonds is 4. The minimum Gasteiger partial charge on any atom is -0.465 e. The van der Waals surface area contributed by atoms with Gasteiger partial charge < -0.3 is 9.53 Å². The fourth-order valence-corrected chi connectivity index (χ4v) is 1.31. The first kappa shape index (κ1) is 11.4. The van der Waals surface area contributed by atoms with Gasteiger partial charge in [0, 0.05) is 5.92 Å². The Morgan fingerprint density at radius 2 is 2.00 bits per heavy atom. The van der Waals surface area contributed by atoms with Crippen LogP contribution in [0, 0.1) is 5.92 Å². The molecule has 1 aromatic rings. The molecule has 0 unspecified atom stereocenters. The highest BCUT2D eigenvalue weighted by atomic mass is 16.5. The first-order chi connectivity index (χ1) is 7.17. The highest BCUT2D eigenvalue weighted by Gasteiger charge is 2.05. The van der Waals surface area contributed by atoms with Crippen molar-refractivity contribution in [3.8, 4) is 0 Å². The Morgan fingerprint density at radius 3 is 2.47 bits per heavy atom. The van der Waals surface area contributed by atoms with E-state index in [4.69, 9.17) is 0 Å². The Hall–Kier alpha value is -1.64. The second-order valence-corrected chi connectivity index (χ2v) is 3.51. The van der Waals surface area contributed by atoms with Gasteiger partial charge in [0.15, 0.2) is 0 Å². The van der Waals surface area contributed by atoms with Crippen molar-refractivity contribution in [1.82, 2.24) is 0 Å². The largest absolute Gasteiger partial charge is 0.465 e. The summed E-state index contributed by atoms with van der Waals surface area (Å²) in [6, 6.07) is 7.09. The first-order valence-corrected chi connectivity index (χ1v) is 4.80. The lowest BCUT2D eigenvalue weighted by molar-refractivity contribution is -0.110. The lowest BCUT2D eigenvalue weighted by Gasteiger charge is -2.04. The molecule has 0 aliphatic rings. The minimum atomic E-state index is -0.343. The summed E-state index contributed by atoms with van der Waals surface area (Å²) in [4.78, 5) is 21.6. The topological polar surface area (TPSA) is 43.4 Å². The molecule has 0 saturated heterocycles. The molecule has 1 atom stereocenters. The maximum Gasteiger partial charge on any atom is 0.337 e. The third kappa shape index (κ3) is 3.20. The highest BCUT2D eigenvalue weighted by Crippen LogP contribution is 2.09. The van der Waals surface area contributed by atoms with Gasteiger partial charge in [-0.05, 0) is 24.1 Å². The van der Waals surface area contributed by atoms with Crippen LogP contribution in [0.25, 0.3) is 0 Å². The average molecular weight is 206 g/mol. The number of carbonyl (C=O) groups excluding carboxylic acids is 2. The van der Waals surface area contributed by atoms with Crippen LogP contribution in [0.5, 0.6) is 0 Å². The standard InChI is InChI=1S/C12H14O3/c1-9(8-13)7-10-3-5-11(6-4-10)12(14)15-2/h3-6,8-9H,7H2,1-2H3/t9-/m0/s1. The van der Waals surface area contributed by atoms with E-state index in [1.807, 2.05) is 19.1 Å². The Bertz CT molecular complexity index is 340. The Morgan fingerprint density at radius 1 is 1.40 bits per heavy atom. The van der Waals surface area contributed by atoms with Crippen LogP contribution >= 0.6 is 0 Å². The zero-order chi connectivity index (χ0) is 11.3. The van der Waals surface area contributed by atoms with Gasteiger partial charge in [0.1, 0.15) is 6.29 Å². The molecule has 0 heterocycles. The summed E-state index contributed by atoms with van der Waals surface area (Å²) in [5.41, 5.74) is 1.57. The van der Waals surface area contributed by atoms with Crippen LogP contribution in [-0.4, -0.2) is 19.4 Å². The number of methoxy groups -OCH3 is 1. The van der Waals surface area contributed by atoms with E-state index < -0.39 is 0 Å². The summed E-state index contributed by atoms with van der Waals surface area (Å²) in [6.07, 6.45) is 1.62. The van der Waals surface area contributed by atoms with E-state index >= 15 is 0 Å². The molecule has 0 N–H and O–H groups in total. The predicted octanol–water partition coefficient (Wildman–Crippen LogP) is 1.85. The number of aldehydes is 1. The molecule has 0 radical (unpaired) electrons. The van der Waals surface area contributed by atoms with Crippen LogP contribution in [0.3, 0.4) is 0 Å². The van der Waals surface area contributed by atoms with Crippen molar-refractivity contribution < 1.29 is 14.3 Å². The van der Waals surface area contributed by atoms with Gasteiger partial charge in [-0.1, -0.05) is 19.1 Å². The number of esters is 1. The van der Waals surface area contributed by atoms with Crippen LogP contribution < -0.4 is 0 Å². The predicted molar refractivity (Wildman–Crippen MR) is 56.7 cm³/mol. The number of carbonyl (C=O) groups is 2. The Labute approximate surface area is 89.1 Å². The van der Waals surface area contributed by atoms with E-state index in [-0.39, 0.29) is 11.9 Å². The molecule has 80 valence electrons. The SMILES string of the molecule is COC(=O)c1ccc(C[C@H](C)C=O)cc1. The molecular weight excluding hydrogens is 192 g/mol. The molecule has 0 aliphatic carbocycles. The molecule has 15 heavy (non-hydrogen) atoms. The van der Waals surface area contributed by atoms with E-state index in [1.165, 1.54) is 7.11 Å². The summed E-state index contributed by atoms with van der Waals surface area (Å²) in [5.74, 6) is -0.334. The van der Waals surface area contributed by atoms with Crippen molar-refractivity contribution in [3.63, 3.8) is 0 Å². The van der Waals surface area contributed by atoms with Crippen LogP contribution in [-0.2, 0) is 16.0 Å². The molecule has 0 amide bonds. The molecule has 0 saturated carbocycles. The summed E-state index contributed by atoms with van der Waals surface area (Å²) < 4.78 is 4.58. The van der Waals surface area contributed by atoms with Crippen molar-refractivity contribution in [2.75, 3.05) is 7.11 Å². The third-order valence-corrected chi connectivity index (χ3v) is 2.17. The molecule has 0 spiro atoms. The van der Waals surface area contributed by atoms with Crippen LogP contribution in [0.1, 0.15) is 22.8 Å². The normalized spacial score (nSPS) is 11.9. The van der Waals surface area contributed by atoms with Gasteiger partial charge in [-0.25, -0.2) is 4.79 Å². The molecular formula is C12H14O3. The summed E-state index contributed by atoms with van der Waals surface area (Å²) >= 11 is 0. The van der Waals surface area contributed by atoms with E-state index in [0.717, 1.165) is 11.8 Å². The van der Waals surface area contributed by atoms with Crippen molar-refractivity contribution in [1.29, 1.82) is 0 Å². The van der Waals surface area contributed by atoms with Gasteiger partial charge in [-0.3, -0.25) is 0 Å². The second-order valence-electron chi connectivity index (χ2n) is 3.51. The quantitative estimate of drug-likeness (QED) is 0.557. The maximum absolute atomic E-state index is 11.1. The lowest BCUT2D eigenvalue weighted by Crippen LogP contribution is -2.03. The fraction of sp³-hybridized carbons (Fsp3) is 0.333. The number of benzene rings is 1. The lowest BCUT2D eigenvalue weighted by atomic mass is 10.0. The van der Waals surface area contributed by atoms with Crippen LogP contribution in [0.4, 0.5) is 0 Å². The summed E-state index contributed by atoms with van der Waals surface area (Å²) in [7, 11) is 1.35. The van der Waals surface area contributed by atoms with Crippen LogP contribution in [0.2, 0.25) is 0 Å². The smallest absolute Gasteiger partial charge is 0.337 e. The van der Waals surface area contributed by atoms with Gasteiger partial charge in [0.25, 0.3) is 0 Å². The minimum absolute atomic E-state index is 0.00831. The maximum atomic E-state index is 11.1. The van der Waals surface area contributed by atoms with Gasteiger partial charge in [-0.15, -0.1) is 0 Å². The molecule has 0 fully saturated rings. The zero-order valence-corrected chi connectivity index (χ0v) is 8.90. The van der Waals surface area contributed by atoms with E-state index in [9.17, 15) is 9.59 Å². The van der Waals surface area contributed by atoms with Crippen molar-refractivity contribution in [2.24, 2.45) is 5.92 Å². The average Bonchev–Trinajstić information content (AvgIpc) is 2.29. The molecule has 1 rings (SSSR count). The van der Waals surface area contributed by atoms with Crippen LogP contribution in [0.15, 0.2) is 24.3 Å². The Balaban J connectivity index is 2.72. The molecule has 0 bridgehead atoms. The third-order valence-electron chi connectivity index (χ3n) is 2.17. The van der Waals surface area contributed by atoms with Gasteiger partial charge in [-0.2, -0.15) is 0 Å². The van der Waals surface area contributed by atoms with Gasteiger partial charge in [0.05, 0.1) is 12.7 Å². The molecule has 0 aromatic heterocycles. The molecule has 3 heteroatoms. The van der Waals surface area contributed by atoms with Gasteiger partial charge >= 0.3 is 5.97 Å². The van der Waals surface area contributed by atoms with E-state index in [0.29, 0.717) is 12.0 Å². The second kappa shape index (κ2) is 5.29.